The van der Waals surface area contributed by atoms with E-state index < -0.39 is 0 Å². The molecule has 3 aliphatic carbocycles. The van der Waals surface area contributed by atoms with Crippen molar-refractivity contribution < 1.29 is 9.59 Å². The molecule has 0 saturated heterocycles. The molecule has 1 aromatic rings. The van der Waals surface area contributed by atoms with Crippen molar-refractivity contribution in [2.24, 2.45) is 28.6 Å². The lowest BCUT2D eigenvalue weighted by atomic mass is 9.48. The van der Waals surface area contributed by atoms with Gasteiger partial charge in [0.1, 0.15) is 5.57 Å². The van der Waals surface area contributed by atoms with E-state index in [4.69, 9.17) is 11.6 Å². The molecule has 1 aromatic carbocycles. The van der Waals surface area contributed by atoms with E-state index in [9.17, 15) is 9.59 Å². The molecule has 3 fully saturated rings. The Morgan fingerprint density at radius 2 is 1.81 bits per heavy atom. The number of likely N-dealkylation sites (N-methyl/N-ethyl adjacent to an activating group) is 1. The van der Waals surface area contributed by atoms with Crippen LogP contribution in [0.15, 0.2) is 35.9 Å². The van der Waals surface area contributed by atoms with Gasteiger partial charge in [0.05, 0.1) is 0 Å². The van der Waals surface area contributed by atoms with Crippen molar-refractivity contribution in [3.63, 3.8) is 0 Å². The fraction of sp³-hybridized carbons (Fsp3) is 0.615. The van der Waals surface area contributed by atoms with E-state index in [0.29, 0.717) is 28.0 Å². The highest BCUT2D eigenvalue weighted by molar-refractivity contribution is 6.30. The van der Waals surface area contributed by atoms with Gasteiger partial charge in [-0.3, -0.25) is 9.59 Å². The Morgan fingerprint density at radius 3 is 2.55 bits per heavy atom. The normalized spacial score (nSPS) is 39.3. The van der Waals surface area contributed by atoms with Crippen LogP contribution in [0.2, 0.25) is 5.02 Å². The van der Waals surface area contributed by atoms with Crippen LogP contribution in [0.1, 0.15) is 58.8 Å². The van der Waals surface area contributed by atoms with Crippen LogP contribution < -0.4 is 5.32 Å². The molecule has 6 atom stereocenters. The average Bonchev–Trinajstić information content (AvgIpc) is 3.14. The number of fused-ring (bicyclic) bond motifs is 5. The van der Waals surface area contributed by atoms with Crippen LogP contribution in [0.3, 0.4) is 0 Å². The largest absolute Gasteiger partial charge is 0.338 e. The lowest BCUT2D eigenvalue weighted by molar-refractivity contribution is -0.141. The van der Waals surface area contributed by atoms with E-state index in [1.54, 1.807) is 24.3 Å². The van der Waals surface area contributed by atoms with Crippen LogP contribution in [0.5, 0.6) is 0 Å². The summed E-state index contributed by atoms with van der Waals surface area (Å²) in [6.45, 7) is 4.82. The first-order valence-electron chi connectivity index (χ1n) is 11.8. The second kappa shape index (κ2) is 7.37. The molecule has 166 valence electrons. The van der Waals surface area contributed by atoms with E-state index >= 15 is 0 Å². The lowest BCUT2D eigenvalue weighted by Crippen LogP contribution is -2.60. The average molecular weight is 441 g/mol. The third kappa shape index (κ3) is 3.25. The molecule has 2 amide bonds. The number of hydrogen-bond donors (Lipinski definition) is 1. The van der Waals surface area contributed by atoms with Crippen LogP contribution in [-0.2, 0) is 9.59 Å². The molecule has 0 radical (unpaired) electrons. The molecule has 3 saturated carbocycles. The Kier molecular flexibility index (Phi) is 5.00. The van der Waals surface area contributed by atoms with Gasteiger partial charge in [0.15, 0.2) is 0 Å². The van der Waals surface area contributed by atoms with Crippen LogP contribution in [0, 0.1) is 28.6 Å². The van der Waals surface area contributed by atoms with Gasteiger partial charge in [-0.05, 0) is 86.0 Å². The Hall–Kier alpha value is -1.81. The SMILES string of the molecule is CN1C(=O)C(C(=O)Nc2ccc(Cl)cc2)=C[C@@]2(C)C1CC[C@@H]1[C@H]2CC[C@]2(C)CCC[C@@H]12. The topological polar surface area (TPSA) is 49.4 Å². The van der Waals surface area contributed by atoms with Gasteiger partial charge >= 0.3 is 0 Å². The van der Waals surface area contributed by atoms with E-state index in [-0.39, 0.29) is 28.8 Å². The zero-order chi connectivity index (χ0) is 22.0. The molecule has 1 unspecified atom stereocenters. The third-order valence-electron chi connectivity index (χ3n) is 9.33. The van der Waals surface area contributed by atoms with Gasteiger partial charge in [0, 0.05) is 29.2 Å². The number of amides is 2. The van der Waals surface area contributed by atoms with Crippen molar-refractivity contribution in [2.45, 2.75) is 64.8 Å². The summed E-state index contributed by atoms with van der Waals surface area (Å²) in [5.74, 6) is 1.57. The first-order chi connectivity index (χ1) is 14.7. The maximum atomic E-state index is 13.2. The third-order valence-corrected chi connectivity index (χ3v) is 9.58. The highest BCUT2D eigenvalue weighted by atomic mass is 35.5. The summed E-state index contributed by atoms with van der Waals surface area (Å²) < 4.78 is 0. The van der Waals surface area contributed by atoms with Crippen LogP contribution in [0.4, 0.5) is 5.69 Å². The van der Waals surface area contributed by atoms with E-state index in [1.807, 2.05) is 11.9 Å². The molecule has 4 nitrogen and oxygen atoms in total. The number of nitrogens with zero attached hydrogens (tertiary/aromatic N) is 1. The number of benzene rings is 1. The summed E-state index contributed by atoms with van der Waals surface area (Å²) in [7, 11) is 1.89. The smallest absolute Gasteiger partial charge is 0.260 e. The predicted octanol–water partition coefficient (Wildman–Crippen LogP) is 5.68. The maximum Gasteiger partial charge on any atom is 0.260 e. The standard InChI is InChI=1S/C26H33ClN2O2/c1-25-13-4-5-20(25)18-10-11-22-26(2,21(18)12-14-25)15-19(24(31)29(22)3)23(30)28-17-8-6-16(27)7-9-17/h6-9,15,18,20-22H,4-5,10-14H2,1-3H3,(H,28,30)/t18-,20-,21+,22?,25-,26+/m0/s1. The van der Waals surface area contributed by atoms with E-state index in [0.717, 1.165) is 12.3 Å². The van der Waals surface area contributed by atoms with Crippen molar-refractivity contribution in [3.05, 3.63) is 40.9 Å². The van der Waals surface area contributed by atoms with Crippen molar-refractivity contribution in [1.82, 2.24) is 4.90 Å². The van der Waals surface area contributed by atoms with Gasteiger partial charge in [0.2, 0.25) is 0 Å². The van der Waals surface area contributed by atoms with Crippen LogP contribution in [0.25, 0.3) is 0 Å². The number of halogens is 1. The minimum Gasteiger partial charge on any atom is -0.338 e. The van der Waals surface area contributed by atoms with Crippen LogP contribution >= 0.6 is 11.6 Å². The Morgan fingerprint density at radius 1 is 1.06 bits per heavy atom. The molecule has 31 heavy (non-hydrogen) atoms. The van der Waals surface area contributed by atoms with Crippen molar-refractivity contribution in [3.8, 4) is 0 Å². The zero-order valence-electron chi connectivity index (χ0n) is 18.8. The zero-order valence-corrected chi connectivity index (χ0v) is 19.5. The molecule has 5 heteroatoms. The molecular formula is C26H33ClN2O2. The fourth-order valence-corrected chi connectivity index (χ4v) is 7.90. The molecule has 4 aliphatic rings. The quantitative estimate of drug-likeness (QED) is 0.601. The summed E-state index contributed by atoms with van der Waals surface area (Å²) in [6.07, 6.45) is 10.9. The number of carbonyl (C=O) groups is 2. The number of anilines is 1. The monoisotopic (exact) mass is 440 g/mol. The second-order valence-electron chi connectivity index (χ2n) is 10.9. The van der Waals surface area contributed by atoms with Crippen molar-refractivity contribution >= 4 is 29.1 Å². The molecule has 1 aliphatic heterocycles. The number of rotatable bonds is 2. The maximum absolute atomic E-state index is 13.2. The fourth-order valence-electron chi connectivity index (χ4n) is 7.78. The summed E-state index contributed by atoms with van der Waals surface area (Å²) >= 11 is 5.96. The van der Waals surface area contributed by atoms with Gasteiger partial charge in [-0.15, -0.1) is 0 Å². The van der Waals surface area contributed by atoms with Crippen molar-refractivity contribution in [1.29, 1.82) is 0 Å². The number of nitrogens with one attached hydrogen (secondary N) is 1. The van der Waals surface area contributed by atoms with E-state index in [2.05, 4.69) is 25.2 Å². The molecule has 1 N–H and O–H groups in total. The van der Waals surface area contributed by atoms with Gasteiger partial charge < -0.3 is 10.2 Å². The van der Waals surface area contributed by atoms with Crippen LogP contribution in [-0.4, -0.2) is 29.8 Å². The Labute approximate surface area is 190 Å². The number of hydrogen-bond acceptors (Lipinski definition) is 2. The Balaban J connectivity index is 1.47. The van der Waals surface area contributed by atoms with Crippen molar-refractivity contribution in [2.75, 3.05) is 12.4 Å². The van der Waals surface area contributed by atoms with Gasteiger partial charge in [0.25, 0.3) is 11.8 Å². The highest BCUT2D eigenvalue weighted by Gasteiger charge is 2.59. The molecule has 0 aromatic heterocycles. The lowest BCUT2D eigenvalue weighted by Gasteiger charge is -2.60. The van der Waals surface area contributed by atoms with E-state index in [1.165, 1.54) is 38.5 Å². The number of carbonyl (C=O) groups excluding carboxylic acids is 2. The molecule has 5 rings (SSSR count). The summed E-state index contributed by atoms with van der Waals surface area (Å²) in [5, 5.41) is 3.52. The minimum atomic E-state index is -0.317. The minimum absolute atomic E-state index is 0.151. The molecule has 0 bridgehead atoms. The predicted molar refractivity (Wildman–Crippen MR) is 124 cm³/mol. The highest BCUT2D eigenvalue weighted by Crippen LogP contribution is 2.64. The molecular weight excluding hydrogens is 408 g/mol. The first kappa shape index (κ1) is 21.1. The molecule has 1 heterocycles. The summed E-state index contributed by atoms with van der Waals surface area (Å²) in [5.41, 5.74) is 1.29. The second-order valence-corrected chi connectivity index (χ2v) is 11.3. The Bertz CT molecular complexity index is 941. The summed E-state index contributed by atoms with van der Waals surface area (Å²) in [6, 6.07) is 7.19. The van der Waals surface area contributed by atoms with Gasteiger partial charge in [-0.25, -0.2) is 0 Å². The summed E-state index contributed by atoms with van der Waals surface area (Å²) in [4.78, 5) is 28.2. The first-order valence-corrected chi connectivity index (χ1v) is 12.2. The molecule has 0 spiro atoms. The van der Waals surface area contributed by atoms with Gasteiger partial charge in [-0.2, -0.15) is 0 Å². The van der Waals surface area contributed by atoms with Gasteiger partial charge in [-0.1, -0.05) is 37.9 Å².